The van der Waals surface area contributed by atoms with Crippen molar-refractivity contribution in [2.75, 3.05) is 10.6 Å². The van der Waals surface area contributed by atoms with Crippen LogP contribution in [0.15, 0.2) is 34.9 Å². The molecule has 2 amide bonds. The molecule has 5 nitrogen and oxygen atoms in total. The SMILES string of the molecule is CCCCc1ccc(NC(=O)Nc2cc(C)on2)cc1. The van der Waals surface area contributed by atoms with Crippen molar-refractivity contribution in [3.8, 4) is 0 Å². The molecule has 0 atom stereocenters. The van der Waals surface area contributed by atoms with Gasteiger partial charge in [-0.1, -0.05) is 30.6 Å². The number of nitrogens with zero attached hydrogens (tertiary/aromatic N) is 1. The highest BCUT2D eigenvalue weighted by atomic mass is 16.5. The van der Waals surface area contributed by atoms with Gasteiger partial charge in [0.2, 0.25) is 0 Å². The average molecular weight is 273 g/mol. The molecule has 0 aliphatic carbocycles. The third-order valence-corrected chi connectivity index (χ3v) is 2.90. The Morgan fingerprint density at radius 2 is 2.00 bits per heavy atom. The topological polar surface area (TPSA) is 67.2 Å². The van der Waals surface area contributed by atoms with E-state index in [1.165, 1.54) is 18.4 Å². The predicted molar refractivity (Wildman–Crippen MR) is 78.9 cm³/mol. The number of rotatable bonds is 5. The van der Waals surface area contributed by atoms with Crippen molar-refractivity contribution in [3.05, 3.63) is 41.7 Å². The molecule has 20 heavy (non-hydrogen) atoms. The molecule has 0 aliphatic heterocycles. The molecule has 0 unspecified atom stereocenters. The zero-order chi connectivity index (χ0) is 14.4. The Morgan fingerprint density at radius 1 is 1.25 bits per heavy atom. The molecular formula is C15H19N3O2. The molecule has 0 bridgehead atoms. The highest BCUT2D eigenvalue weighted by Gasteiger charge is 2.06. The van der Waals surface area contributed by atoms with E-state index in [1.807, 2.05) is 24.3 Å². The van der Waals surface area contributed by atoms with Crippen LogP contribution in [0, 0.1) is 6.92 Å². The van der Waals surface area contributed by atoms with Crippen molar-refractivity contribution < 1.29 is 9.32 Å². The van der Waals surface area contributed by atoms with Gasteiger partial charge in [-0.25, -0.2) is 4.79 Å². The highest BCUT2D eigenvalue weighted by Crippen LogP contribution is 2.13. The van der Waals surface area contributed by atoms with Crippen LogP contribution in [0.1, 0.15) is 31.1 Å². The summed E-state index contributed by atoms with van der Waals surface area (Å²) in [5.41, 5.74) is 2.04. The van der Waals surface area contributed by atoms with Crippen LogP contribution in [0.5, 0.6) is 0 Å². The number of carbonyl (C=O) groups excluding carboxylic acids is 1. The monoisotopic (exact) mass is 273 g/mol. The third-order valence-electron chi connectivity index (χ3n) is 2.90. The molecule has 2 rings (SSSR count). The molecule has 2 N–H and O–H groups in total. The minimum absolute atomic E-state index is 0.334. The molecule has 0 saturated carbocycles. The maximum absolute atomic E-state index is 11.7. The Kier molecular flexibility index (Phi) is 4.76. The second-order valence-corrected chi connectivity index (χ2v) is 4.70. The van der Waals surface area contributed by atoms with Gasteiger partial charge in [-0.05, 0) is 37.5 Å². The van der Waals surface area contributed by atoms with Crippen LogP contribution in [0.2, 0.25) is 0 Å². The summed E-state index contributed by atoms with van der Waals surface area (Å²) in [5, 5.41) is 9.05. The maximum atomic E-state index is 11.7. The first-order valence-corrected chi connectivity index (χ1v) is 6.77. The molecule has 1 aromatic heterocycles. The van der Waals surface area contributed by atoms with Crippen LogP contribution in [0.4, 0.5) is 16.3 Å². The molecule has 0 aliphatic rings. The number of anilines is 2. The van der Waals surface area contributed by atoms with Crippen molar-refractivity contribution >= 4 is 17.5 Å². The number of unbranched alkanes of at least 4 members (excludes halogenated alkanes) is 1. The van der Waals surface area contributed by atoms with Gasteiger partial charge in [0, 0.05) is 11.8 Å². The molecule has 106 valence electrons. The molecule has 2 aromatic rings. The number of urea groups is 1. The van der Waals surface area contributed by atoms with Crippen molar-refractivity contribution in [2.45, 2.75) is 33.1 Å². The number of aryl methyl sites for hydroxylation is 2. The van der Waals surface area contributed by atoms with E-state index in [4.69, 9.17) is 4.52 Å². The van der Waals surface area contributed by atoms with Crippen LogP contribution in [-0.4, -0.2) is 11.2 Å². The van der Waals surface area contributed by atoms with Gasteiger partial charge in [0.15, 0.2) is 5.82 Å². The molecule has 1 aromatic carbocycles. The lowest BCUT2D eigenvalue weighted by Crippen LogP contribution is -2.19. The second kappa shape index (κ2) is 6.75. The summed E-state index contributed by atoms with van der Waals surface area (Å²) in [7, 11) is 0. The molecule has 0 fully saturated rings. The minimum atomic E-state index is -0.334. The van der Waals surface area contributed by atoms with E-state index in [9.17, 15) is 4.79 Å². The summed E-state index contributed by atoms with van der Waals surface area (Å²) in [6.45, 7) is 3.94. The zero-order valence-corrected chi connectivity index (χ0v) is 11.8. The molecule has 1 heterocycles. The summed E-state index contributed by atoms with van der Waals surface area (Å²) < 4.78 is 4.88. The highest BCUT2D eigenvalue weighted by molar-refractivity contribution is 5.99. The fraction of sp³-hybridized carbons (Fsp3) is 0.333. The Hall–Kier alpha value is -2.30. The van der Waals surface area contributed by atoms with Gasteiger partial charge in [-0.15, -0.1) is 0 Å². The molecule has 0 spiro atoms. The Labute approximate surface area is 118 Å². The van der Waals surface area contributed by atoms with Crippen LogP contribution >= 0.6 is 0 Å². The van der Waals surface area contributed by atoms with Crippen molar-refractivity contribution in [1.82, 2.24) is 5.16 Å². The summed E-state index contributed by atoms with van der Waals surface area (Å²) in [4.78, 5) is 11.7. The Morgan fingerprint density at radius 3 is 2.60 bits per heavy atom. The summed E-state index contributed by atoms with van der Waals surface area (Å²) in [6, 6.07) is 9.20. The van der Waals surface area contributed by atoms with Crippen molar-refractivity contribution in [3.63, 3.8) is 0 Å². The Bertz CT molecular complexity index is 561. The first-order valence-electron chi connectivity index (χ1n) is 6.77. The number of hydrogen-bond donors (Lipinski definition) is 2. The fourth-order valence-electron chi connectivity index (χ4n) is 1.84. The zero-order valence-electron chi connectivity index (χ0n) is 11.8. The van der Waals surface area contributed by atoms with E-state index in [0.29, 0.717) is 11.6 Å². The number of nitrogens with one attached hydrogen (secondary N) is 2. The standard InChI is InChI=1S/C15H19N3O2/c1-3-4-5-12-6-8-13(9-7-12)16-15(19)17-14-10-11(2)20-18-14/h6-10H,3-5H2,1-2H3,(H2,16,17,18,19). The third kappa shape index (κ3) is 4.12. The maximum Gasteiger partial charge on any atom is 0.324 e. The largest absolute Gasteiger partial charge is 0.360 e. The van der Waals surface area contributed by atoms with Crippen molar-refractivity contribution in [1.29, 1.82) is 0 Å². The first kappa shape index (κ1) is 14.1. The van der Waals surface area contributed by atoms with Gasteiger partial charge in [0.25, 0.3) is 0 Å². The van der Waals surface area contributed by atoms with Crippen LogP contribution in [-0.2, 0) is 6.42 Å². The smallest absolute Gasteiger partial charge is 0.324 e. The van der Waals surface area contributed by atoms with Gasteiger partial charge < -0.3 is 9.84 Å². The molecule has 0 saturated heterocycles. The average Bonchev–Trinajstić information content (AvgIpc) is 2.83. The lowest BCUT2D eigenvalue weighted by atomic mass is 10.1. The molecular weight excluding hydrogens is 254 g/mol. The van der Waals surface area contributed by atoms with E-state index in [-0.39, 0.29) is 6.03 Å². The number of hydrogen-bond acceptors (Lipinski definition) is 3. The summed E-state index contributed by atoms with van der Waals surface area (Å²) in [5.74, 6) is 1.06. The van der Waals surface area contributed by atoms with Gasteiger partial charge in [-0.3, -0.25) is 5.32 Å². The van der Waals surface area contributed by atoms with Crippen LogP contribution in [0.3, 0.4) is 0 Å². The van der Waals surface area contributed by atoms with Crippen LogP contribution in [0.25, 0.3) is 0 Å². The van der Waals surface area contributed by atoms with Gasteiger partial charge in [-0.2, -0.15) is 0 Å². The van der Waals surface area contributed by atoms with Gasteiger partial charge in [0.1, 0.15) is 5.76 Å². The van der Waals surface area contributed by atoms with Gasteiger partial charge in [0.05, 0.1) is 0 Å². The quantitative estimate of drug-likeness (QED) is 0.866. The van der Waals surface area contributed by atoms with Crippen molar-refractivity contribution in [2.24, 2.45) is 0 Å². The van der Waals surface area contributed by atoms with E-state index < -0.39 is 0 Å². The van der Waals surface area contributed by atoms with Gasteiger partial charge >= 0.3 is 6.03 Å². The Balaban J connectivity index is 1.87. The lowest BCUT2D eigenvalue weighted by molar-refractivity contribution is 0.262. The predicted octanol–water partition coefficient (Wildman–Crippen LogP) is 3.97. The van der Waals surface area contributed by atoms with E-state index in [0.717, 1.165) is 12.1 Å². The minimum Gasteiger partial charge on any atom is -0.360 e. The first-order chi connectivity index (χ1) is 9.67. The van der Waals surface area contributed by atoms with Crippen LogP contribution < -0.4 is 10.6 Å². The second-order valence-electron chi connectivity index (χ2n) is 4.70. The molecule has 5 heteroatoms. The number of aromatic nitrogens is 1. The number of amides is 2. The summed E-state index contributed by atoms with van der Waals surface area (Å²) >= 11 is 0. The normalized spacial score (nSPS) is 10.3. The number of carbonyl (C=O) groups is 1. The number of benzene rings is 1. The molecule has 0 radical (unpaired) electrons. The fourth-order valence-corrected chi connectivity index (χ4v) is 1.84. The summed E-state index contributed by atoms with van der Waals surface area (Å²) in [6.07, 6.45) is 3.43. The van der Waals surface area contributed by atoms with E-state index >= 15 is 0 Å². The van der Waals surface area contributed by atoms with E-state index in [1.54, 1.807) is 13.0 Å². The van der Waals surface area contributed by atoms with E-state index in [2.05, 4.69) is 22.7 Å². The lowest BCUT2D eigenvalue weighted by Gasteiger charge is -2.06.